The van der Waals surface area contributed by atoms with Crippen LogP contribution in [-0.2, 0) is 14.4 Å². The first-order chi connectivity index (χ1) is 14.6. The van der Waals surface area contributed by atoms with Gasteiger partial charge in [-0.05, 0) is 48.3 Å². The van der Waals surface area contributed by atoms with E-state index in [0.29, 0.717) is 28.8 Å². The van der Waals surface area contributed by atoms with Crippen LogP contribution in [0.25, 0.3) is 10.9 Å². The van der Waals surface area contributed by atoms with Crippen molar-refractivity contribution >= 4 is 34.3 Å². The molecular weight excluding hydrogens is 382 g/mol. The largest absolute Gasteiger partial charge is 0.496 e. The SMILES string of the molecule is COc1ccnc2c(NC(=O)CN3C(=O)[C@@H]4[C@H]5C=C[C@@H]([C@@H]6C[C@H]56)[C@H]4C3=O)cccc12. The fourth-order valence-electron chi connectivity index (χ4n) is 5.94. The lowest BCUT2D eigenvalue weighted by atomic mass is 9.63. The van der Waals surface area contributed by atoms with Gasteiger partial charge >= 0.3 is 0 Å². The number of allylic oxidation sites excluding steroid dienone is 2. The maximum atomic E-state index is 13.1. The third-order valence-corrected chi connectivity index (χ3v) is 7.28. The Balaban J connectivity index is 1.23. The minimum atomic E-state index is -0.405. The second-order valence-corrected chi connectivity index (χ2v) is 8.68. The van der Waals surface area contributed by atoms with Crippen molar-refractivity contribution in [2.24, 2.45) is 35.5 Å². The van der Waals surface area contributed by atoms with Crippen molar-refractivity contribution in [3.8, 4) is 5.75 Å². The van der Waals surface area contributed by atoms with E-state index in [1.54, 1.807) is 31.5 Å². The lowest BCUT2D eigenvalue weighted by Crippen LogP contribution is -2.40. The Morgan fingerprint density at radius 2 is 1.83 bits per heavy atom. The number of imide groups is 1. The molecule has 1 aromatic carbocycles. The summed E-state index contributed by atoms with van der Waals surface area (Å²) in [6, 6.07) is 7.17. The van der Waals surface area contributed by atoms with Gasteiger partial charge in [-0.1, -0.05) is 18.2 Å². The molecule has 6 atom stereocenters. The lowest BCUT2D eigenvalue weighted by molar-refractivity contribution is -0.142. The van der Waals surface area contributed by atoms with E-state index in [1.165, 1.54) is 4.90 Å². The molecule has 0 unspecified atom stereocenters. The number of nitrogens with zero attached hydrogens (tertiary/aromatic N) is 2. The number of hydrogen-bond acceptors (Lipinski definition) is 5. The number of anilines is 1. The fraction of sp³-hybridized carbons (Fsp3) is 0.391. The first-order valence-corrected chi connectivity index (χ1v) is 10.3. The fourth-order valence-corrected chi connectivity index (χ4v) is 5.94. The number of hydrogen-bond donors (Lipinski definition) is 1. The second kappa shape index (κ2) is 6.14. The number of nitrogens with one attached hydrogen (secondary N) is 1. The molecule has 7 heteroatoms. The Morgan fingerprint density at radius 1 is 1.13 bits per heavy atom. The zero-order valence-corrected chi connectivity index (χ0v) is 16.4. The van der Waals surface area contributed by atoms with Crippen LogP contribution in [0.15, 0.2) is 42.6 Å². The highest BCUT2D eigenvalue weighted by molar-refractivity contribution is 6.10. The van der Waals surface area contributed by atoms with E-state index in [1.807, 2.05) is 6.07 Å². The van der Waals surface area contributed by atoms with Gasteiger partial charge in [0.15, 0.2) is 0 Å². The van der Waals surface area contributed by atoms with E-state index in [0.717, 1.165) is 11.8 Å². The van der Waals surface area contributed by atoms with E-state index in [9.17, 15) is 14.4 Å². The number of amides is 3. The van der Waals surface area contributed by atoms with Crippen LogP contribution in [0.5, 0.6) is 5.75 Å². The van der Waals surface area contributed by atoms with E-state index in [2.05, 4.69) is 22.5 Å². The standard InChI is InChI=1S/C23H21N3O4/c1-30-17-7-8-24-21-13(17)3-2-4-16(21)25-18(27)10-26-22(28)19-11-5-6-12(15-9-14(11)15)20(19)23(26)29/h2-8,11-12,14-15,19-20H,9-10H2,1H3,(H,25,27)/t11-,12-,14-,15+,19+,20+/m0/s1. The smallest absolute Gasteiger partial charge is 0.244 e. The van der Waals surface area contributed by atoms with Gasteiger partial charge in [-0.2, -0.15) is 0 Å². The summed E-state index contributed by atoms with van der Waals surface area (Å²) < 4.78 is 5.36. The first kappa shape index (κ1) is 17.6. The van der Waals surface area contributed by atoms with E-state index in [4.69, 9.17) is 4.74 Å². The van der Waals surface area contributed by atoms with Crippen LogP contribution in [0, 0.1) is 35.5 Å². The number of aromatic nitrogens is 1. The number of carbonyl (C=O) groups is 3. The number of likely N-dealkylation sites (tertiary alicyclic amines) is 1. The molecule has 7 nitrogen and oxygen atoms in total. The summed E-state index contributed by atoms with van der Waals surface area (Å²) in [4.78, 5) is 44.4. The third-order valence-electron chi connectivity index (χ3n) is 7.28. The predicted octanol–water partition coefficient (Wildman–Crippen LogP) is 2.24. The summed E-state index contributed by atoms with van der Waals surface area (Å²) in [5.74, 6) is 0.704. The minimum absolute atomic E-state index is 0.157. The van der Waals surface area contributed by atoms with Crippen LogP contribution >= 0.6 is 0 Å². The second-order valence-electron chi connectivity index (χ2n) is 8.68. The maximum Gasteiger partial charge on any atom is 0.244 e. The Bertz CT molecular complexity index is 1110. The predicted molar refractivity (Wildman–Crippen MR) is 108 cm³/mol. The number of rotatable bonds is 4. The molecule has 3 fully saturated rings. The molecule has 4 aliphatic carbocycles. The van der Waals surface area contributed by atoms with Crippen molar-refractivity contribution in [1.82, 2.24) is 9.88 Å². The number of benzene rings is 1. The monoisotopic (exact) mass is 403 g/mol. The van der Waals surface area contributed by atoms with Gasteiger partial charge in [0.25, 0.3) is 0 Å². The van der Waals surface area contributed by atoms with Crippen LogP contribution in [0.1, 0.15) is 6.42 Å². The molecule has 1 aliphatic heterocycles. The number of pyridine rings is 1. The molecule has 7 rings (SSSR count). The van der Waals surface area contributed by atoms with Crippen molar-refractivity contribution in [1.29, 1.82) is 0 Å². The molecule has 0 radical (unpaired) electrons. The number of ether oxygens (including phenoxy) is 1. The molecule has 1 aromatic heterocycles. The van der Waals surface area contributed by atoms with Crippen molar-refractivity contribution in [3.05, 3.63) is 42.6 Å². The third kappa shape index (κ3) is 2.32. The van der Waals surface area contributed by atoms with Gasteiger partial charge in [0.05, 0.1) is 30.1 Å². The van der Waals surface area contributed by atoms with Gasteiger partial charge in [-0.25, -0.2) is 0 Å². The van der Waals surface area contributed by atoms with Crippen LogP contribution in [0.3, 0.4) is 0 Å². The Kier molecular flexibility index (Phi) is 3.61. The molecule has 1 saturated heterocycles. The lowest BCUT2D eigenvalue weighted by Gasteiger charge is -2.37. The van der Waals surface area contributed by atoms with Gasteiger partial charge < -0.3 is 10.1 Å². The van der Waals surface area contributed by atoms with Crippen molar-refractivity contribution in [3.63, 3.8) is 0 Å². The first-order valence-electron chi connectivity index (χ1n) is 10.3. The van der Waals surface area contributed by atoms with E-state index in [-0.39, 0.29) is 42.0 Å². The topological polar surface area (TPSA) is 88.6 Å². The highest BCUT2D eigenvalue weighted by Gasteiger charge is 2.67. The number of methoxy groups -OCH3 is 1. The summed E-state index contributed by atoms with van der Waals surface area (Å²) >= 11 is 0. The minimum Gasteiger partial charge on any atom is -0.496 e. The van der Waals surface area contributed by atoms with E-state index < -0.39 is 5.91 Å². The van der Waals surface area contributed by atoms with Crippen LogP contribution in [0.4, 0.5) is 5.69 Å². The maximum absolute atomic E-state index is 13.1. The molecule has 5 aliphatic rings. The highest BCUT2D eigenvalue weighted by atomic mass is 16.5. The quantitative estimate of drug-likeness (QED) is 0.625. The average molecular weight is 403 g/mol. The van der Waals surface area contributed by atoms with Crippen molar-refractivity contribution in [2.45, 2.75) is 6.42 Å². The van der Waals surface area contributed by atoms with Gasteiger partial charge in [-0.15, -0.1) is 0 Å². The van der Waals surface area contributed by atoms with Gasteiger partial charge in [-0.3, -0.25) is 24.3 Å². The van der Waals surface area contributed by atoms with E-state index >= 15 is 0 Å². The Hall–Kier alpha value is -3.22. The zero-order chi connectivity index (χ0) is 20.6. The molecule has 2 bridgehead atoms. The molecule has 30 heavy (non-hydrogen) atoms. The Labute approximate surface area is 173 Å². The molecule has 1 N–H and O–H groups in total. The molecule has 2 saturated carbocycles. The molecule has 3 amide bonds. The van der Waals surface area contributed by atoms with Crippen molar-refractivity contribution < 1.29 is 19.1 Å². The normalized spacial score (nSPS) is 32.9. The zero-order valence-electron chi connectivity index (χ0n) is 16.4. The summed E-state index contributed by atoms with van der Waals surface area (Å²) in [6.07, 6.45) is 6.99. The number of carbonyl (C=O) groups excluding carboxylic acids is 3. The summed E-state index contributed by atoms with van der Waals surface area (Å²) in [6.45, 7) is -0.264. The summed E-state index contributed by atoms with van der Waals surface area (Å²) in [5.41, 5.74) is 1.12. The van der Waals surface area contributed by atoms with Crippen LogP contribution in [0.2, 0.25) is 0 Å². The molecule has 2 heterocycles. The average Bonchev–Trinajstić information content (AvgIpc) is 3.54. The number of para-hydroxylation sites is 1. The molecule has 152 valence electrons. The summed E-state index contributed by atoms with van der Waals surface area (Å²) in [5, 5.41) is 3.60. The Morgan fingerprint density at radius 3 is 2.50 bits per heavy atom. The highest BCUT2D eigenvalue weighted by Crippen LogP contribution is 2.65. The number of fused-ring (bicyclic) bond motifs is 1. The van der Waals surface area contributed by atoms with Gasteiger partial charge in [0, 0.05) is 11.6 Å². The molecule has 2 aromatic rings. The van der Waals surface area contributed by atoms with Crippen LogP contribution < -0.4 is 10.1 Å². The van der Waals surface area contributed by atoms with Gasteiger partial charge in [0.2, 0.25) is 17.7 Å². The summed E-state index contributed by atoms with van der Waals surface area (Å²) in [7, 11) is 1.58. The van der Waals surface area contributed by atoms with Crippen LogP contribution in [-0.4, -0.2) is 41.3 Å². The van der Waals surface area contributed by atoms with Crippen molar-refractivity contribution in [2.75, 3.05) is 19.0 Å². The molecular formula is C23H21N3O4. The molecule has 0 spiro atoms. The van der Waals surface area contributed by atoms with Gasteiger partial charge in [0.1, 0.15) is 12.3 Å².